The number of aryl methyl sites for hydroxylation is 1. The number of amides is 1. The molecule has 0 bridgehead atoms. The fourth-order valence-corrected chi connectivity index (χ4v) is 6.51. The molecule has 1 saturated heterocycles. The lowest BCUT2D eigenvalue weighted by Gasteiger charge is -2.16. The Morgan fingerprint density at radius 1 is 1.07 bits per heavy atom. The Balaban J connectivity index is 1.06. The van der Waals surface area contributed by atoms with Crippen molar-refractivity contribution in [3.8, 4) is 11.8 Å². The molecule has 4 aromatic carbocycles. The Hall–Kier alpha value is -4.34. The van der Waals surface area contributed by atoms with E-state index in [0.29, 0.717) is 6.42 Å². The third-order valence-electron chi connectivity index (χ3n) is 7.98. The van der Waals surface area contributed by atoms with E-state index in [9.17, 15) is 24.1 Å². The monoisotopic (exact) mass is 631 g/mol. The maximum atomic E-state index is 12.5. The van der Waals surface area contributed by atoms with E-state index < -0.39 is 44.1 Å². The van der Waals surface area contributed by atoms with Crippen LogP contribution in [0, 0.1) is 11.8 Å². The number of ether oxygens (including phenoxy) is 1. The second-order valence-electron chi connectivity index (χ2n) is 10.9. The van der Waals surface area contributed by atoms with Crippen molar-refractivity contribution in [1.29, 1.82) is 0 Å². The number of aliphatic hydroxyl groups is 1. The minimum absolute atomic E-state index is 0.0269. The predicted octanol–water partition coefficient (Wildman–Crippen LogP) is 2.68. The summed E-state index contributed by atoms with van der Waals surface area (Å²) in [6.45, 7) is -0.634. The first-order chi connectivity index (χ1) is 21.6. The van der Waals surface area contributed by atoms with Crippen LogP contribution in [0.3, 0.4) is 0 Å². The van der Waals surface area contributed by atoms with Gasteiger partial charge in [-0.15, -0.1) is 0 Å². The number of hydrogen-bond donors (Lipinski definition) is 5. The normalized spacial score (nSPS) is 18.4. The molecule has 1 aromatic heterocycles. The largest absolute Gasteiger partial charge is 0.469 e. The summed E-state index contributed by atoms with van der Waals surface area (Å²) in [5.74, 6) is 5.15. The number of carbonyl (C=O) groups is 1. The molecule has 45 heavy (non-hydrogen) atoms. The molecule has 3 atom stereocenters. The van der Waals surface area contributed by atoms with Crippen molar-refractivity contribution in [2.24, 2.45) is 0 Å². The average molecular weight is 632 g/mol. The Morgan fingerprint density at radius 2 is 1.78 bits per heavy atom. The van der Waals surface area contributed by atoms with E-state index in [1.807, 2.05) is 0 Å². The second-order valence-corrected chi connectivity index (χ2v) is 12.1. The molecule has 2 heterocycles. The van der Waals surface area contributed by atoms with Crippen LogP contribution in [0.25, 0.3) is 32.3 Å². The van der Waals surface area contributed by atoms with E-state index in [0.717, 1.165) is 17.2 Å². The van der Waals surface area contributed by atoms with E-state index >= 15 is 0 Å². The minimum Gasteiger partial charge on any atom is -0.394 e. The zero-order valence-corrected chi connectivity index (χ0v) is 24.8. The molecule has 0 saturated carbocycles. The Bertz CT molecular complexity index is 2110. The van der Waals surface area contributed by atoms with Gasteiger partial charge in [0, 0.05) is 19.0 Å². The van der Waals surface area contributed by atoms with Crippen molar-refractivity contribution in [2.75, 3.05) is 13.2 Å². The number of hydrogen-bond acceptors (Lipinski definition) is 7. The standard InChI is InChI=1S/C32H30N3O9P/c36-18-26-25(44-45(40,41)42)16-28(43-26)35-17-23(31(38)34-32(35)39)7-3-15-33-27(37)8-2-4-19-9-10-22-12-11-20-5-1-6-21-13-14-24(19)30(22)29(20)21/h1,5-6,9-14,17,25-26,28,36H,2,4,8,15-16,18H2,(H,33,37)(H,34,38,39)(H2,40,41,42)/t25-,26+,28+/m0/s1. The maximum absolute atomic E-state index is 12.5. The summed E-state index contributed by atoms with van der Waals surface area (Å²) in [7, 11) is -4.88. The number of rotatable bonds is 9. The fraction of sp³-hybridized carbons (Fsp3) is 0.281. The van der Waals surface area contributed by atoms with Gasteiger partial charge in [-0.25, -0.2) is 9.36 Å². The third kappa shape index (κ3) is 6.55. The van der Waals surface area contributed by atoms with Crippen LogP contribution >= 0.6 is 7.82 Å². The molecular formula is C32H30N3O9P. The highest BCUT2D eigenvalue weighted by molar-refractivity contribution is 7.46. The number of nitrogens with zero attached hydrogens (tertiary/aromatic N) is 1. The van der Waals surface area contributed by atoms with Gasteiger partial charge in [-0.3, -0.25) is 23.7 Å². The lowest BCUT2D eigenvalue weighted by molar-refractivity contribution is -0.120. The smallest absolute Gasteiger partial charge is 0.394 e. The molecule has 1 aliphatic heterocycles. The SMILES string of the molecule is O=C(CCCc1ccc2ccc3cccc4ccc1c2c34)NCC#Cc1cn([C@H]2C[C@H](OP(=O)(O)O)[C@@H](CO)O2)c(=O)[nH]c1=O. The first-order valence-electron chi connectivity index (χ1n) is 14.4. The molecule has 5 aromatic rings. The van der Waals surface area contributed by atoms with Gasteiger partial charge in [0.25, 0.3) is 5.56 Å². The van der Waals surface area contributed by atoms with Gasteiger partial charge >= 0.3 is 13.5 Å². The molecule has 1 aliphatic rings. The van der Waals surface area contributed by atoms with E-state index in [-0.39, 0.29) is 30.9 Å². The first-order valence-corrected chi connectivity index (χ1v) is 15.9. The molecule has 0 radical (unpaired) electrons. The molecule has 1 amide bonds. The Morgan fingerprint density at radius 3 is 2.51 bits per heavy atom. The molecular weight excluding hydrogens is 601 g/mol. The van der Waals surface area contributed by atoms with Crippen LogP contribution in [0.5, 0.6) is 0 Å². The van der Waals surface area contributed by atoms with Crippen LogP contribution in [-0.2, 0) is 25.0 Å². The minimum atomic E-state index is -4.88. The van der Waals surface area contributed by atoms with Gasteiger partial charge < -0.3 is 24.9 Å². The number of aromatic nitrogens is 2. The maximum Gasteiger partial charge on any atom is 0.469 e. The summed E-state index contributed by atoms with van der Waals surface area (Å²) in [6.07, 6.45) is -0.708. The van der Waals surface area contributed by atoms with Gasteiger partial charge in [0.2, 0.25) is 5.91 Å². The quantitative estimate of drug-likeness (QED) is 0.0929. The Kier molecular flexibility index (Phi) is 8.57. The zero-order chi connectivity index (χ0) is 31.7. The van der Waals surface area contributed by atoms with Crippen molar-refractivity contribution >= 4 is 46.0 Å². The predicted molar refractivity (Wildman–Crippen MR) is 167 cm³/mol. The number of carbonyl (C=O) groups excluding carboxylic acids is 1. The third-order valence-corrected chi connectivity index (χ3v) is 8.52. The van der Waals surface area contributed by atoms with Gasteiger partial charge in [0.05, 0.1) is 13.2 Å². The van der Waals surface area contributed by atoms with E-state index in [1.165, 1.54) is 37.9 Å². The molecule has 232 valence electrons. The van der Waals surface area contributed by atoms with Crippen LogP contribution in [-0.4, -0.2) is 55.7 Å². The summed E-state index contributed by atoms with van der Waals surface area (Å²) in [6, 6.07) is 19.1. The summed E-state index contributed by atoms with van der Waals surface area (Å²) in [4.78, 5) is 57.6. The number of phosphoric acid groups is 1. The molecule has 12 nitrogen and oxygen atoms in total. The van der Waals surface area contributed by atoms with Gasteiger partial charge in [-0.05, 0) is 50.7 Å². The number of aliphatic hydroxyl groups excluding tert-OH is 1. The summed E-state index contributed by atoms with van der Waals surface area (Å²) < 4.78 is 22.5. The molecule has 0 spiro atoms. The van der Waals surface area contributed by atoms with E-state index in [1.54, 1.807) is 0 Å². The van der Waals surface area contributed by atoms with Crippen molar-refractivity contribution < 1.29 is 33.5 Å². The van der Waals surface area contributed by atoms with Crippen molar-refractivity contribution in [3.63, 3.8) is 0 Å². The molecule has 1 fully saturated rings. The van der Waals surface area contributed by atoms with Gasteiger partial charge in [0.1, 0.15) is 24.0 Å². The number of phosphoric ester groups is 1. The first kappa shape index (κ1) is 30.7. The highest BCUT2D eigenvalue weighted by Crippen LogP contribution is 2.43. The van der Waals surface area contributed by atoms with Crippen molar-refractivity contribution in [3.05, 3.63) is 92.8 Å². The van der Waals surface area contributed by atoms with Crippen LogP contribution in [0.1, 0.15) is 36.6 Å². The van der Waals surface area contributed by atoms with Crippen LogP contribution in [0.4, 0.5) is 0 Å². The zero-order valence-electron chi connectivity index (χ0n) is 23.9. The number of benzene rings is 4. The highest BCUT2D eigenvalue weighted by atomic mass is 31.2. The van der Waals surface area contributed by atoms with Crippen LogP contribution in [0.2, 0.25) is 0 Å². The van der Waals surface area contributed by atoms with E-state index in [4.69, 9.17) is 14.5 Å². The number of nitrogens with one attached hydrogen (secondary N) is 2. The van der Waals surface area contributed by atoms with Gasteiger partial charge in [0.15, 0.2) is 0 Å². The van der Waals surface area contributed by atoms with Crippen LogP contribution in [0.15, 0.2) is 70.4 Å². The summed E-state index contributed by atoms with van der Waals surface area (Å²) >= 11 is 0. The molecule has 0 unspecified atom stereocenters. The van der Waals surface area contributed by atoms with Crippen LogP contribution < -0.4 is 16.6 Å². The molecule has 5 N–H and O–H groups in total. The molecule has 0 aliphatic carbocycles. The van der Waals surface area contributed by atoms with E-state index in [2.05, 4.69) is 81.3 Å². The van der Waals surface area contributed by atoms with Crippen molar-refractivity contribution in [2.45, 2.75) is 44.1 Å². The lowest BCUT2D eigenvalue weighted by atomic mass is 9.90. The Labute approximate surface area is 256 Å². The summed E-state index contributed by atoms with van der Waals surface area (Å²) in [5.41, 5.74) is -0.481. The highest BCUT2D eigenvalue weighted by Gasteiger charge is 2.40. The topological polar surface area (TPSA) is 180 Å². The van der Waals surface area contributed by atoms with Gasteiger partial charge in [-0.2, -0.15) is 0 Å². The number of H-pyrrole nitrogens is 1. The molecule has 13 heteroatoms. The average Bonchev–Trinajstić information content (AvgIpc) is 3.40. The summed E-state index contributed by atoms with van der Waals surface area (Å²) in [5, 5.41) is 19.5. The molecule has 6 rings (SSSR count). The van der Waals surface area contributed by atoms with Gasteiger partial charge in [-0.1, -0.05) is 66.4 Å². The lowest BCUT2D eigenvalue weighted by Crippen LogP contribution is -2.33. The van der Waals surface area contributed by atoms with Crippen molar-refractivity contribution in [1.82, 2.24) is 14.9 Å². The fourth-order valence-electron chi connectivity index (χ4n) is 5.93. The number of aromatic amines is 1. The second kappa shape index (κ2) is 12.6.